The molecule has 88 valence electrons. The lowest BCUT2D eigenvalue weighted by molar-refractivity contribution is -0.384. The molecule has 0 bridgehead atoms. The monoisotopic (exact) mass is 313 g/mol. The van der Waals surface area contributed by atoms with Gasteiger partial charge in [-0.1, -0.05) is 15.9 Å². The lowest BCUT2D eigenvalue weighted by Gasteiger charge is -2.05. The van der Waals surface area contributed by atoms with Crippen LogP contribution in [0.2, 0.25) is 0 Å². The Bertz CT molecular complexity index is 530. The van der Waals surface area contributed by atoms with Crippen LogP contribution in [0.1, 0.15) is 4.88 Å². The van der Waals surface area contributed by atoms with Crippen molar-refractivity contribution in [2.24, 2.45) is 0 Å². The first-order valence-electron chi connectivity index (χ1n) is 4.72. The van der Waals surface area contributed by atoms with Crippen molar-refractivity contribution in [3.63, 3.8) is 0 Å². The molecule has 0 aliphatic carbocycles. The van der Waals surface area contributed by atoms with Crippen LogP contribution >= 0.6 is 27.3 Å². The number of nitrogens with one attached hydrogen (secondary N) is 1. The number of rotatable bonds is 4. The SMILES string of the molecule is O=[N+]([O-])c1cc(Br)ccc1NCc1cncs1. The summed E-state index contributed by atoms with van der Waals surface area (Å²) < 4.78 is 0.688. The minimum atomic E-state index is -0.403. The van der Waals surface area contributed by atoms with Crippen LogP contribution in [0.5, 0.6) is 0 Å². The van der Waals surface area contributed by atoms with Crippen molar-refractivity contribution in [1.29, 1.82) is 0 Å². The fraction of sp³-hybridized carbons (Fsp3) is 0.100. The van der Waals surface area contributed by atoms with Crippen molar-refractivity contribution in [3.8, 4) is 0 Å². The summed E-state index contributed by atoms with van der Waals surface area (Å²) in [6.07, 6.45) is 1.74. The maximum absolute atomic E-state index is 10.9. The molecule has 2 aromatic rings. The Morgan fingerprint density at radius 1 is 1.53 bits per heavy atom. The summed E-state index contributed by atoms with van der Waals surface area (Å²) in [5.41, 5.74) is 2.29. The maximum Gasteiger partial charge on any atom is 0.293 e. The summed E-state index contributed by atoms with van der Waals surface area (Å²) in [5, 5.41) is 13.9. The summed E-state index contributed by atoms with van der Waals surface area (Å²) >= 11 is 4.72. The zero-order valence-corrected chi connectivity index (χ0v) is 11.0. The van der Waals surface area contributed by atoms with E-state index in [0.717, 1.165) is 4.88 Å². The number of hydrogen-bond donors (Lipinski definition) is 1. The van der Waals surface area contributed by atoms with Gasteiger partial charge in [-0.25, -0.2) is 0 Å². The van der Waals surface area contributed by atoms with E-state index in [1.54, 1.807) is 23.8 Å². The molecule has 0 saturated carbocycles. The highest BCUT2D eigenvalue weighted by Gasteiger charge is 2.13. The van der Waals surface area contributed by atoms with Crippen LogP contribution < -0.4 is 5.32 Å². The minimum Gasteiger partial charge on any atom is -0.375 e. The molecule has 0 fully saturated rings. The lowest BCUT2D eigenvalue weighted by Crippen LogP contribution is -2.01. The molecular formula is C10H8BrN3O2S. The second-order valence-electron chi connectivity index (χ2n) is 3.24. The number of hydrogen-bond acceptors (Lipinski definition) is 5. The van der Waals surface area contributed by atoms with Gasteiger partial charge in [-0.15, -0.1) is 11.3 Å². The highest BCUT2D eigenvalue weighted by atomic mass is 79.9. The van der Waals surface area contributed by atoms with Gasteiger partial charge in [0.1, 0.15) is 5.69 Å². The largest absolute Gasteiger partial charge is 0.375 e. The fourth-order valence-electron chi connectivity index (χ4n) is 1.32. The smallest absolute Gasteiger partial charge is 0.293 e. The molecule has 1 aromatic heterocycles. The van der Waals surface area contributed by atoms with E-state index in [2.05, 4.69) is 26.2 Å². The third-order valence-corrected chi connectivity index (χ3v) is 3.37. The van der Waals surface area contributed by atoms with Gasteiger partial charge in [0.05, 0.1) is 17.0 Å². The first-order chi connectivity index (χ1) is 8.16. The molecule has 1 aromatic carbocycles. The van der Waals surface area contributed by atoms with Gasteiger partial charge >= 0.3 is 0 Å². The van der Waals surface area contributed by atoms with Crippen molar-refractivity contribution in [1.82, 2.24) is 4.98 Å². The van der Waals surface area contributed by atoms with Gasteiger partial charge in [-0.3, -0.25) is 15.1 Å². The average Bonchev–Trinajstić information content (AvgIpc) is 2.80. The lowest BCUT2D eigenvalue weighted by atomic mass is 10.2. The van der Waals surface area contributed by atoms with Gasteiger partial charge < -0.3 is 5.32 Å². The van der Waals surface area contributed by atoms with Crippen molar-refractivity contribution in [2.75, 3.05) is 5.32 Å². The zero-order chi connectivity index (χ0) is 12.3. The number of nitro groups is 1. The van der Waals surface area contributed by atoms with E-state index >= 15 is 0 Å². The molecule has 0 saturated heterocycles. The van der Waals surface area contributed by atoms with E-state index in [4.69, 9.17) is 0 Å². The van der Waals surface area contributed by atoms with E-state index in [0.29, 0.717) is 16.7 Å². The molecular weight excluding hydrogens is 306 g/mol. The number of benzene rings is 1. The number of nitrogens with zero attached hydrogens (tertiary/aromatic N) is 2. The predicted molar refractivity (Wildman–Crippen MR) is 70.2 cm³/mol. The quantitative estimate of drug-likeness (QED) is 0.693. The summed E-state index contributed by atoms with van der Waals surface area (Å²) in [6, 6.07) is 4.93. The zero-order valence-electron chi connectivity index (χ0n) is 8.59. The van der Waals surface area contributed by atoms with Crippen molar-refractivity contribution >= 4 is 38.6 Å². The molecule has 0 aliphatic heterocycles. The van der Waals surface area contributed by atoms with Gasteiger partial charge in [0.15, 0.2) is 0 Å². The number of halogens is 1. The summed E-state index contributed by atoms with van der Waals surface area (Å²) in [4.78, 5) is 15.4. The second kappa shape index (κ2) is 5.24. The minimum absolute atomic E-state index is 0.0592. The molecule has 5 nitrogen and oxygen atoms in total. The molecule has 2 rings (SSSR count). The van der Waals surface area contributed by atoms with Gasteiger partial charge in [-0.05, 0) is 12.1 Å². The van der Waals surface area contributed by atoms with Crippen LogP contribution in [-0.4, -0.2) is 9.91 Å². The van der Waals surface area contributed by atoms with E-state index in [1.165, 1.54) is 17.4 Å². The Balaban J connectivity index is 2.17. The number of thiazole rings is 1. The molecule has 0 aliphatic rings. The highest BCUT2D eigenvalue weighted by molar-refractivity contribution is 9.10. The first kappa shape index (κ1) is 12.0. The van der Waals surface area contributed by atoms with E-state index in [-0.39, 0.29) is 5.69 Å². The normalized spacial score (nSPS) is 10.2. The number of aromatic nitrogens is 1. The van der Waals surface area contributed by atoms with Crippen LogP contribution in [0.25, 0.3) is 0 Å². The average molecular weight is 314 g/mol. The highest BCUT2D eigenvalue weighted by Crippen LogP contribution is 2.28. The summed E-state index contributed by atoms with van der Waals surface area (Å²) in [6.45, 7) is 0.535. The fourth-order valence-corrected chi connectivity index (χ4v) is 2.20. The Morgan fingerprint density at radius 2 is 2.35 bits per heavy atom. The maximum atomic E-state index is 10.9. The molecule has 7 heteroatoms. The van der Waals surface area contributed by atoms with Crippen molar-refractivity contribution in [3.05, 3.63) is 49.4 Å². The Kier molecular flexibility index (Phi) is 3.70. The van der Waals surface area contributed by atoms with E-state index < -0.39 is 4.92 Å². The van der Waals surface area contributed by atoms with Crippen LogP contribution in [-0.2, 0) is 6.54 Å². The molecule has 1 N–H and O–H groups in total. The second-order valence-corrected chi connectivity index (χ2v) is 5.13. The molecule has 0 radical (unpaired) electrons. The standard InChI is InChI=1S/C10H8BrN3O2S/c11-7-1-2-9(10(3-7)14(15)16)13-5-8-4-12-6-17-8/h1-4,6,13H,5H2. The number of anilines is 1. The molecule has 0 unspecified atom stereocenters. The van der Waals surface area contributed by atoms with Crippen LogP contribution in [0.4, 0.5) is 11.4 Å². The predicted octanol–water partition coefficient (Wildman–Crippen LogP) is 3.43. The third-order valence-electron chi connectivity index (χ3n) is 2.09. The van der Waals surface area contributed by atoms with Gasteiger partial charge in [0.2, 0.25) is 0 Å². The topological polar surface area (TPSA) is 68.1 Å². The molecule has 0 atom stereocenters. The first-order valence-corrected chi connectivity index (χ1v) is 6.39. The van der Waals surface area contributed by atoms with Crippen LogP contribution in [0.3, 0.4) is 0 Å². The van der Waals surface area contributed by atoms with Crippen molar-refractivity contribution in [2.45, 2.75) is 6.54 Å². The third kappa shape index (κ3) is 3.01. The van der Waals surface area contributed by atoms with E-state index in [9.17, 15) is 10.1 Å². The van der Waals surface area contributed by atoms with Gasteiger partial charge in [0.25, 0.3) is 5.69 Å². The molecule has 1 heterocycles. The van der Waals surface area contributed by atoms with Gasteiger partial charge in [-0.2, -0.15) is 0 Å². The molecule has 0 amide bonds. The van der Waals surface area contributed by atoms with Crippen molar-refractivity contribution < 1.29 is 4.92 Å². The van der Waals surface area contributed by atoms with Crippen LogP contribution in [0, 0.1) is 10.1 Å². The summed E-state index contributed by atoms with van der Waals surface area (Å²) in [7, 11) is 0. The Labute approximate surface area is 110 Å². The molecule has 17 heavy (non-hydrogen) atoms. The van der Waals surface area contributed by atoms with E-state index in [1.807, 2.05) is 0 Å². The van der Waals surface area contributed by atoms with Gasteiger partial charge in [0, 0.05) is 21.6 Å². The van der Waals surface area contributed by atoms with Crippen LogP contribution in [0.15, 0.2) is 34.4 Å². The Morgan fingerprint density at radius 3 is 3.00 bits per heavy atom. The number of nitro benzene ring substituents is 1. The molecule has 0 spiro atoms. The Hall–Kier alpha value is -1.47. The summed E-state index contributed by atoms with van der Waals surface area (Å²) in [5.74, 6) is 0.